The summed E-state index contributed by atoms with van der Waals surface area (Å²) >= 11 is 16.7. The molecule has 0 fully saturated rings. The fourth-order valence-corrected chi connectivity index (χ4v) is 2.43. The maximum atomic E-state index is 10.5. The third-order valence-electron chi connectivity index (χ3n) is 3.42. The number of hydrogen-bond donors (Lipinski definition) is 4. The van der Waals surface area contributed by atoms with Crippen molar-refractivity contribution in [2.75, 3.05) is 0 Å². The highest BCUT2D eigenvalue weighted by Gasteiger charge is 2.29. The van der Waals surface area contributed by atoms with Gasteiger partial charge in [-0.1, -0.05) is 53.0 Å². The SMILES string of the molecule is CC(C)(CC(=O)O)C(=O)O.O=C(O)c1cc(Cl)cc(Cl)c1Cl.O=C(O)c1ccccc1. The molecular weight excluding hydrogens is 475 g/mol. The fourth-order valence-electron chi connectivity index (χ4n) is 1.75. The lowest BCUT2D eigenvalue weighted by Gasteiger charge is -2.14. The molecule has 8 nitrogen and oxygen atoms in total. The molecule has 4 N–H and O–H groups in total. The van der Waals surface area contributed by atoms with Gasteiger partial charge in [-0.3, -0.25) is 9.59 Å². The Morgan fingerprint density at radius 1 is 0.839 bits per heavy atom. The predicted molar refractivity (Wildman–Crippen MR) is 116 cm³/mol. The lowest BCUT2D eigenvalue weighted by Crippen LogP contribution is -2.26. The summed E-state index contributed by atoms with van der Waals surface area (Å²) in [6.45, 7) is 2.76. The van der Waals surface area contributed by atoms with Crippen LogP contribution in [-0.4, -0.2) is 44.3 Å². The normalized spacial score (nSPS) is 9.97. The van der Waals surface area contributed by atoms with Gasteiger partial charge in [0, 0.05) is 5.02 Å². The average molecular weight is 494 g/mol. The molecule has 31 heavy (non-hydrogen) atoms. The van der Waals surface area contributed by atoms with Crippen LogP contribution in [0.25, 0.3) is 0 Å². The quantitative estimate of drug-likeness (QED) is 0.410. The van der Waals surface area contributed by atoms with E-state index in [1.54, 1.807) is 30.3 Å². The zero-order valence-electron chi connectivity index (χ0n) is 16.3. The minimum absolute atomic E-state index is 0.00793. The van der Waals surface area contributed by atoms with E-state index >= 15 is 0 Å². The number of halogens is 3. The van der Waals surface area contributed by atoms with Gasteiger partial charge in [0.05, 0.1) is 33.0 Å². The van der Waals surface area contributed by atoms with Crippen molar-refractivity contribution in [2.24, 2.45) is 5.41 Å². The molecule has 0 heterocycles. The summed E-state index contributed by atoms with van der Waals surface area (Å²) in [6, 6.07) is 10.9. The molecule has 0 bridgehead atoms. The van der Waals surface area contributed by atoms with Gasteiger partial charge in [-0.05, 0) is 38.1 Å². The minimum atomic E-state index is -1.16. The maximum Gasteiger partial charge on any atom is 0.337 e. The van der Waals surface area contributed by atoms with E-state index in [4.69, 9.17) is 55.2 Å². The average Bonchev–Trinajstić information content (AvgIpc) is 2.65. The summed E-state index contributed by atoms with van der Waals surface area (Å²) < 4.78 is 0. The van der Waals surface area contributed by atoms with Crippen LogP contribution in [0.5, 0.6) is 0 Å². The first-order chi connectivity index (χ1) is 14.2. The number of rotatable bonds is 5. The second-order valence-corrected chi connectivity index (χ2v) is 7.71. The highest BCUT2D eigenvalue weighted by molar-refractivity contribution is 6.45. The van der Waals surface area contributed by atoms with Crippen LogP contribution in [0.3, 0.4) is 0 Å². The molecule has 168 valence electrons. The van der Waals surface area contributed by atoms with E-state index in [2.05, 4.69) is 0 Å². The Kier molecular flexibility index (Phi) is 11.6. The summed E-state index contributed by atoms with van der Waals surface area (Å²) in [5.74, 6) is -4.21. The summed E-state index contributed by atoms with van der Waals surface area (Å²) in [6.07, 6.45) is -0.345. The third kappa shape index (κ3) is 10.7. The van der Waals surface area contributed by atoms with E-state index in [9.17, 15) is 19.2 Å². The topological polar surface area (TPSA) is 149 Å². The summed E-state index contributed by atoms with van der Waals surface area (Å²) in [4.78, 5) is 41.1. The van der Waals surface area contributed by atoms with Gasteiger partial charge in [0.25, 0.3) is 0 Å². The van der Waals surface area contributed by atoms with Crippen LogP contribution in [0.15, 0.2) is 42.5 Å². The Balaban J connectivity index is 0.000000441. The van der Waals surface area contributed by atoms with Crippen molar-refractivity contribution in [3.63, 3.8) is 0 Å². The van der Waals surface area contributed by atoms with Gasteiger partial charge in [-0.25, -0.2) is 9.59 Å². The van der Waals surface area contributed by atoms with Gasteiger partial charge in [0.2, 0.25) is 0 Å². The van der Waals surface area contributed by atoms with Crippen molar-refractivity contribution in [2.45, 2.75) is 20.3 Å². The van der Waals surface area contributed by atoms with E-state index in [1.807, 2.05) is 0 Å². The monoisotopic (exact) mass is 492 g/mol. The van der Waals surface area contributed by atoms with Gasteiger partial charge < -0.3 is 20.4 Å². The largest absolute Gasteiger partial charge is 0.481 e. The first kappa shape index (κ1) is 28.2. The van der Waals surface area contributed by atoms with Gasteiger partial charge in [0.1, 0.15) is 0 Å². The predicted octanol–water partition coefficient (Wildman–Crippen LogP) is 5.30. The van der Waals surface area contributed by atoms with E-state index < -0.39 is 29.3 Å². The molecular formula is C20H19Cl3O8. The second-order valence-electron chi connectivity index (χ2n) is 6.49. The Bertz CT molecular complexity index is 943. The fraction of sp³-hybridized carbons (Fsp3) is 0.200. The van der Waals surface area contributed by atoms with Crippen molar-refractivity contribution in [3.05, 3.63) is 68.7 Å². The lowest BCUT2D eigenvalue weighted by molar-refractivity contribution is -0.153. The Labute approximate surface area is 192 Å². The molecule has 0 unspecified atom stereocenters. The molecule has 0 saturated heterocycles. The molecule has 0 aromatic heterocycles. The van der Waals surface area contributed by atoms with Crippen molar-refractivity contribution >= 4 is 58.7 Å². The lowest BCUT2D eigenvalue weighted by atomic mass is 9.90. The smallest absolute Gasteiger partial charge is 0.337 e. The van der Waals surface area contributed by atoms with E-state index in [0.717, 1.165) is 0 Å². The standard InChI is InChI=1S/C7H3Cl3O2.C7H6O2.C6H10O4/c8-3-1-4(7(11)12)6(10)5(9)2-3;8-7(9)6-4-2-1-3-5-6;1-6(2,5(9)10)3-4(7)8/h1-2H,(H,11,12);1-5H,(H,8,9);3H2,1-2H3,(H,7,8)(H,9,10). The van der Waals surface area contributed by atoms with Crippen LogP contribution >= 0.6 is 34.8 Å². The van der Waals surface area contributed by atoms with Crippen LogP contribution in [0.2, 0.25) is 15.1 Å². The molecule has 2 rings (SSSR count). The van der Waals surface area contributed by atoms with E-state index in [-0.39, 0.29) is 27.1 Å². The molecule has 0 radical (unpaired) electrons. The van der Waals surface area contributed by atoms with Gasteiger partial charge >= 0.3 is 23.9 Å². The summed E-state index contributed by atoms with van der Waals surface area (Å²) in [5.41, 5.74) is -0.919. The second kappa shape index (κ2) is 12.8. The summed E-state index contributed by atoms with van der Waals surface area (Å²) in [7, 11) is 0. The number of carboxylic acid groups (broad SMARTS) is 4. The van der Waals surface area contributed by atoms with Crippen LogP contribution in [0.4, 0.5) is 0 Å². The zero-order valence-corrected chi connectivity index (χ0v) is 18.6. The van der Waals surface area contributed by atoms with Gasteiger partial charge in [-0.15, -0.1) is 0 Å². The van der Waals surface area contributed by atoms with Crippen LogP contribution in [0.1, 0.15) is 41.0 Å². The number of aromatic carboxylic acids is 2. The van der Waals surface area contributed by atoms with Crippen LogP contribution < -0.4 is 0 Å². The zero-order chi connectivity index (χ0) is 24.4. The number of benzene rings is 2. The molecule has 0 aliphatic carbocycles. The number of carbonyl (C=O) groups is 4. The number of aliphatic carboxylic acids is 2. The Hall–Kier alpha value is -2.81. The van der Waals surface area contributed by atoms with Crippen molar-refractivity contribution in [1.29, 1.82) is 0 Å². The number of hydrogen-bond acceptors (Lipinski definition) is 4. The molecule has 0 spiro atoms. The van der Waals surface area contributed by atoms with Crippen LogP contribution in [-0.2, 0) is 9.59 Å². The maximum absolute atomic E-state index is 10.5. The Morgan fingerprint density at radius 2 is 1.35 bits per heavy atom. The first-order valence-electron chi connectivity index (χ1n) is 8.30. The minimum Gasteiger partial charge on any atom is -0.481 e. The number of carboxylic acids is 4. The van der Waals surface area contributed by atoms with Crippen molar-refractivity contribution in [1.82, 2.24) is 0 Å². The molecule has 0 amide bonds. The molecule has 2 aromatic carbocycles. The molecule has 2 aromatic rings. The van der Waals surface area contributed by atoms with Gasteiger partial charge in [0.15, 0.2) is 0 Å². The van der Waals surface area contributed by atoms with Crippen molar-refractivity contribution in [3.8, 4) is 0 Å². The molecule has 0 saturated carbocycles. The first-order valence-corrected chi connectivity index (χ1v) is 9.43. The highest BCUT2D eigenvalue weighted by Crippen LogP contribution is 2.29. The van der Waals surface area contributed by atoms with Crippen molar-refractivity contribution < 1.29 is 39.6 Å². The summed E-state index contributed by atoms with van der Waals surface area (Å²) in [5, 5.41) is 34.1. The van der Waals surface area contributed by atoms with E-state index in [0.29, 0.717) is 5.56 Å². The molecule has 0 aliphatic rings. The highest BCUT2D eigenvalue weighted by atomic mass is 35.5. The van der Waals surface area contributed by atoms with Gasteiger partial charge in [-0.2, -0.15) is 0 Å². The molecule has 0 atom stereocenters. The van der Waals surface area contributed by atoms with E-state index in [1.165, 1.54) is 26.0 Å². The molecule has 0 aliphatic heterocycles. The third-order valence-corrected chi connectivity index (χ3v) is 4.44. The molecule has 11 heteroatoms. The Morgan fingerprint density at radius 3 is 1.68 bits per heavy atom. The van der Waals surface area contributed by atoms with Crippen LogP contribution in [0, 0.1) is 5.41 Å².